The Morgan fingerprint density at radius 2 is 1.86 bits per heavy atom. The average Bonchev–Trinajstić information content (AvgIpc) is 3.43. The van der Waals surface area contributed by atoms with E-state index in [4.69, 9.17) is 8.95 Å². The minimum absolute atomic E-state index is 0.0747. The van der Waals surface area contributed by atoms with E-state index in [1.807, 2.05) is 38.1 Å². The molecule has 1 fully saturated rings. The van der Waals surface area contributed by atoms with Crippen molar-refractivity contribution in [2.45, 2.75) is 78.8 Å². The van der Waals surface area contributed by atoms with E-state index in [0.717, 1.165) is 28.3 Å². The molecule has 0 saturated carbocycles. The summed E-state index contributed by atoms with van der Waals surface area (Å²) in [6.45, 7) is 17.2. The van der Waals surface area contributed by atoms with Gasteiger partial charge in [-0.3, -0.25) is 9.48 Å². The van der Waals surface area contributed by atoms with Crippen molar-refractivity contribution in [1.82, 2.24) is 19.8 Å². The summed E-state index contributed by atoms with van der Waals surface area (Å²) in [5.41, 5.74) is 3.08. The summed E-state index contributed by atoms with van der Waals surface area (Å²) in [7, 11) is -2.00. The molecule has 36 heavy (non-hydrogen) atoms. The van der Waals surface area contributed by atoms with Gasteiger partial charge in [-0.25, -0.2) is 9.69 Å². The van der Waals surface area contributed by atoms with E-state index in [-0.39, 0.29) is 17.0 Å². The van der Waals surface area contributed by atoms with Gasteiger partial charge in [-0.1, -0.05) is 38.1 Å². The number of rotatable bonds is 7. The van der Waals surface area contributed by atoms with E-state index in [0.29, 0.717) is 18.8 Å². The van der Waals surface area contributed by atoms with E-state index in [2.05, 4.69) is 44.1 Å². The van der Waals surface area contributed by atoms with E-state index >= 15 is 0 Å². The summed E-state index contributed by atoms with van der Waals surface area (Å²) >= 11 is 0. The summed E-state index contributed by atoms with van der Waals surface area (Å²) in [5, 5.41) is 8.40. The number of aromatic nitrogens is 3. The fourth-order valence-corrected chi connectivity index (χ4v) is 4.97. The van der Waals surface area contributed by atoms with E-state index in [9.17, 15) is 9.59 Å². The van der Waals surface area contributed by atoms with Gasteiger partial charge in [0, 0.05) is 18.3 Å². The van der Waals surface area contributed by atoms with Crippen LogP contribution in [0.3, 0.4) is 0 Å². The number of carbonyl (C=O) groups excluding carboxylic acids is 2. The lowest BCUT2D eigenvalue weighted by Gasteiger charge is -2.36. The zero-order chi connectivity index (χ0) is 26.4. The van der Waals surface area contributed by atoms with E-state index < -0.39 is 14.4 Å². The average molecular weight is 510 g/mol. The van der Waals surface area contributed by atoms with Gasteiger partial charge in [0.05, 0.1) is 24.1 Å². The molecule has 0 bridgehead atoms. The normalized spacial score (nSPS) is 16.8. The van der Waals surface area contributed by atoms with Crippen molar-refractivity contribution in [2.24, 2.45) is 0 Å². The molecule has 3 aromatic rings. The van der Waals surface area contributed by atoms with Gasteiger partial charge in [0.25, 0.3) is 5.91 Å². The molecular formula is C26H35N5O4Si. The first-order valence-corrected chi connectivity index (χ1v) is 15.1. The lowest BCUT2D eigenvalue weighted by molar-refractivity contribution is -0.119. The Hall–Kier alpha value is -3.40. The van der Waals surface area contributed by atoms with Crippen molar-refractivity contribution in [3.63, 3.8) is 0 Å². The zero-order valence-corrected chi connectivity index (χ0v) is 23.3. The molecule has 1 aromatic carbocycles. The highest BCUT2D eigenvalue weighted by atomic mass is 28.4. The second-order valence-electron chi connectivity index (χ2n) is 11.0. The highest BCUT2D eigenvalue weighted by Gasteiger charge is 2.44. The van der Waals surface area contributed by atoms with Crippen molar-refractivity contribution >= 4 is 25.9 Å². The Labute approximate surface area is 213 Å². The van der Waals surface area contributed by atoms with Gasteiger partial charge in [0.1, 0.15) is 17.6 Å². The Morgan fingerprint density at radius 1 is 1.14 bits per heavy atom. The van der Waals surface area contributed by atoms with Crippen molar-refractivity contribution in [1.29, 1.82) is 0 Å². The molecule has 1 saturated heterocycles. The Balaban J connectivity index is 1.50. The summed E-state index contributed by atoms with van der Waals surface area (Å²) in [6, 6.07) is 6.85. The van der Waals surface area contributed by atoms with Crippen LogP contribution in [0.5, 0.6) is 5.75 Å². The number of nitrogens with zero attached hydrogens (tertiary/aromatic N) is 5. The van der Waals surface area contributed by atoms with Crippen LogP contribution in [0.25, 0.3) is 0 Å². The van der Waals surface area contributed by atoms with Crippen molar-refractivity contribution in [2.75, 3.05) is 4.90 Å². The lowest BCUT2D eigenvalue weighted by Crippen LogP contribution is -2.43. The fraction of sp³-hybridized carbons (Fsp3) is 0.462. The number of hydrogen-bond acceptors (Lipinski definition) is 6. The zero-order valence-electron chi connectivity index (χ0n) is 22.3. The van der Waals surface area contributed by atoms with Gasteiger partial charge in [-0.15, -0.1) is 0 Å². The number of urea groups is 1. The first-order chi connectivity index (χ1) is 16.8. The SMILES string of the molecule is Cc1noc(C)c1Cn1cc(N2C(=O)[C@H](C)N(Cc3cccc(O[Si](C)(C)C(C)(C)C)c3)C2=O)cn1. The maximum atomic E-state index is 13.4. The molecule has 4 rings (SSSR count). The van der Waals surface area contributed by atoms with Gasteiger partial charge in [-0.05, 0) is 56.6 Å². The molecule has 3 heterocycles. The summed E-state index contributed by atoms with van der Waals surface area (Å²) in [6.07, 6.45) is 3.24. The first kappa shape index (κ1) is 25.7. The first-order valence-electron chi connectivity index (χ1n) is 12.2. The van der Waals surface area contributed by atoms with Gasteiger partial charge < -0.3 is 13.8 Å². The third kappa shape index (κ3) is 4.82. The van der Waals surface area contributed by atoms with Crippen LogP contribution < -0.4 is 9.33 Å². The Morgan fingerprint density at radius 3 is 2.50 bits per heavy atom. The van der Waals surface area contributed by atoms with Crippen molar-refractivity contribution < 1.29 is 18.5 Å². The van der Waals surface area contributed by atoms with Crippen molar-refractivity contribution in [3.8, 4) is 5.75 Å². The second kappa shape index (κ2) is 9.23. The quantitative estimate of drug-likeness (QED) is 0.318. The number of carbonyl (C=O) groups is 2. The van der Waals surface area contributed by atoms with E-state index in [1.165, 1.54) is 11.1 Å². The molecule has 1 aliphatic rings. The van der Waals surface area contributed by atoms with Crippen molar-refractivity contribution in [3.05, 3.63) is 59.2 Å². The van der Waals surface area contributed by atoms with Gasteiger partial charge >= 0.3 is 6.03 Å². The van der Waals surface area contributed by atoms with Crippen LogP contribution in [0.2, 0.25) is 18.1 Å². The molecule has 10 heteroatoms. The van der Waals surface area contributed by atoms with Crippen LogP contribution in [0.4, 0.5) is 10.5 Å². The largest absolute Gasteiger partial charge is 0.543 e. The molecule has 1 aliphatic heterocycles. The third-order valence-electron chi connectivity index (χ3n) is 7.29. The monoisotopic (exact) mass is 509 g/mol. The Bertz CT molecular complexity index is 1270. The molecule has 0 unspecified atom stereocenters. The maximum Gasteiger partial charge on any atom is 0.332 e. The predicted molar refractivity (Wildman–Crippen MR) is 139 cm³/mol. The molecule has 2 aromatic heterocycles. The van der Waals surface area contributed by atoms with Crippen LogP contribution in [0.15, 0.2) is 41.2 Å². The minimum atomic E-state index is -2.00. The second-order valence-corrected chi connectivity index (χ2v) is 15.7. The minimum Gasteiger partial charge on any atom is -0.543 e. The summed E-state index contributed by atoms with van der Waals surface area (Å²) < 4.78 is 13.3. The number of anilines is 1. The molecule has 0 N–H and O–H groups in total. The number of benzene rings is 1. The molecule has 0 aliphatic carbocycles. The lowest BCUT2D eigenvalue weighted by atomic mass is 10.2. The molecule has 192 valence electrons. The standard InChI is InChI=1S/C26H35N5O4Si/c1-17-23(19(3)34-28-17)16-29-15-21(13-27-29)31-24(32)18(2)30(25(31)33)14-20-10-9-11-22(12-20)35-36(7,8)26(4,5)6/h9-13,15,18H,14,16H2,1-8H3/t18-/m0/s1. The molecule has 9 nitrogen and oxygen atoms in total. The van der Waals surface area contributed by atoms with Gasteiger partial charge in [0.15, 0.2) is 0 Å². The smallest absolute Gasteiger partial charge is 0.332 e. The third-order valence-corrected chi connectivity index (χ3v) is 11.7. The number of imide groups is 1. The summed E-state index contributed by atoms with van der Waals surface area (Å²) in [4.78, 5) is 29.2. The number of amides is 3. The molecule has 0 spiro atoms. The van der Waals surface area contributed by atoms with Gasteiger partial charge in [0.2, 0.25) is 8.32 Å². The van der Waals surface area contributed by atoms with Crippen LogP contribution in [0.1, 0.15) is 50.3 Å². The molecule has 1 atom stereocenters. The molecule has 3 amide bonds. The maximum absolute atomic E-state index is 13.4. The van der Waals surface area contributed by atoms with Crippen LogP contribution in [0, 0.1) is 13.8 Å². The number of aryl methyl sites for hydroxylation is 2. The highest BCUT2D eigenvalue weighted by Crippen LogP contribution is 2.37. The predicted octanol–water partition coefficient (Wildman–Crippen LogP) is 5.28. The van der Waals surface area contributed by atoms with Crippen LogP contribution in [-0.2, 0) is 17.9 Å². The summed E-state index contributed by atoms with van der Waals surface area (Å²) in [5.74, 6) is 1.24. The van der Waals surface area contributed by atoms with Crippen LogP contribution in [-0.4, -0.2) is 46.1 Å². The fourth-order valence-electron chi connectivity index (χ4n) is 3.95. The van der Waals surface area contributed by atoms with E-state index in [1.54, 1.807) is 22.7 Å². The van der Waals surface area contributed by atoms with Crippen LogP contribution >= 0.6 is 0 Å². The molecular weight excluding hydrogens is 474 g/mol. The topological polar surface area (TPSA) is 93.7 Å². The molecule has 0 radical (unpaired) electrons. The Kier molecular flexibility index (Phi) is 6.59. The highest BCUT2D eigenvalue weighted by molar-refractivity contribution is 6.74. The number of hydrogen-bond donors (Lipinski definition) is 0. The van der Waals surface area contributed by atoms with Gasteiger partial charge in [-0.2, -0.15) is 5.10 Å².